The molecule has 1 fully saturated rings. The lowest BCUT2D eigenvalue weighted by Gasteiger charge is -2.14. The minimum Gasteiger partial charge on any atom is -0.384 e. The number of carbonyl (C=O) groups excluding carboxylic acids is 1. The average Bonchev–Trinajstić information content (AvgIpc) is 3.00. The van der Waals surface area contributed by atoms with Crippen molar-refractivity contribution >= 4 is 11.6 Å². The average molecular weight is 405 g/mol. The lowest BCUT2D eigenvalue weighted by atomic mass is 9.99. The van der Waals surface area contributed by atoms with Crippen LogP contribution in [0, 0.1) is 23.2 Å². The number of nitrogens with zero attached hydrogens (tertiary/aromatic N) is 3. The molecule has 154 valence electrons. The number of hydrogen-bond acceptors (Lipinski definition) is 7. The van der Waals surface area contributed by atoms with Crippen molar-refractivity contribution in [3.63, 3.8) is 0 Å². The number of benzene rings is 1. The lowest BCUT2D eigenvalue weighted by molar-refractivity contribution is -0.137. The molecular weight excluding hydrogens is 382 g/mol. The number of nitriles is 1. The van der Waals surface area contributed by atoms with Gasteiger partial charge in [-0.05, 0) is 31.2 Å². The second kappa shape index (κ2) is 8.52. The second-order valence-electron chi connectivity index (χ2n) is 7.06. The third-order valence-corrected chi connectivity index (χ3v) is 4.92. The van der Waals surface area contributed by atoms with Crippen molar-refractivity contribution in [3.05, 3.63) is 47.2 Å². The SMILES string of the molecule is CCNc1ccc(-c2ccc(C#N)c(C#C[C@]3(O)CCN(C)C3=O)c2)nc1C(N)O. The molecule has 1 amide bonds. The Hall–Kier alpha value is -3.43. The van der Waals surface area contributed by atoms with E-state index in [1.165, 1.54) is 4.90 Å². The Kier molecular flexibility index (Phi) is 6.04. The number of carbonyl (C=O) groups is 1. The fourth-order valence-electron chi connectivity index (χ4n) is 3.25. The van der Waals surface area contributed by atoms with Crippen LogP contribution in [0.25, 0.3) is 11.3 Å². The molecule has 0 aliphatic carbocycles. The Bertz CT molecular complexity index is 1080. The van der Waals surface area contributed by atoms with Crippen LogP contribution in [0.4, 0.5) is 5.69 Å². The fraction of sp³-hybridized carbons (Fsp3) is 0.318. The van der Waals surface area contributed by atoms with Crippen molar-refractivity contribution in [1.82, 2.24) is 9.88 Å². The maximum Gasteiger partial charge on any atom is 0.267 e. The number of rotatable bonds is 4. The highest BCUT2D eigenvalue weighted by Crippen LogP contribution is 2.26. The number of aromatic nitrogens is 1. The molecule has 1 saturated heterocycles. The van der Waals surface area contributed by atoms with Crippen molar-refractivity contribution in [2.75, 3.05) is 25.5 Å². The zero-order valence-electron chi connectivity index (χ0n) is 16.8. The van der Waals surface area contributed by atoms with E-state index in [0.29, 0.717) is 46.9 Å². The fourth-order valence-corrected chi connectivity index (χ4v) is 3.25. The molecule has 2 aromatic rings. The van der Waals surface area contributed by atoms with Gasteiger partial charge in [-0.2, -0.15) is 5.26 Å². The normalized spacial score (nSPS) is 19.1. The van der Waals surface area contributed by atoms with Crippen molar-refractivity contribution < 1.29 is 15.0 Å². The van der Waals surface area contributed by atoms with Gasteiger partial charge < -0.3 is 26.2 Å². The summed E-state index contributed by atoms with van der Waals surface area (Å²) in [5, 5.41) is 32.9. The number of hydrogen-bond donors (Lipinski definition) is 4. The highest BCUT2D eigenvalue weighted by atomic mass is 16.3. The number of likely N-dealkylation sites (tertiary alicyclic amines) is 1. The van der Waals surface area contributed by atoms with Crippen molar-refractivity contribution in [1.29, 1.82) is 5.26 Å². The third-order valence-electron chi connectivity index (χ3n) is 4.92. The molecule has 30 heavy (non-hydrogen) atoms. The zero-order valence-corrected chi connectivity index (χ0v) is 16.8. The minimum atomic E-state index is -1.75. The molecule has 1 aromatic carbocycles. The molecule has 0 spiro atoms. The zero-order chi connectivity index (χ0) is 21.9. The molecule has 2 heterocycles. The van der Waals surface area contributed by atoms with E-state index < -0.39 is 17.7 Å². The van der Waals surface area contributed by atoms with E-state index in [-0.39, 0.29) is 6.42 Å². The van der Waals surface area contributed by atoms with Gasteiger partial charge in [0.1, 0.15) is 18.0 Å². The van der Waals surface area contributed by atoms with E-state index >= 15 is 0 Å². The smallest absolute Gasteiger partial charge is 0.267 e. The third kappa shape index (κ3) is 4.12. The minimum absolute atomic E-state index is 0.210. The first-order valence-corrected chi connectivity index (χ1v) is 9.53. The first kappa shape index (κ1) is 21.3. The van der Waals surface area contributed by atoms with Crippen LogP contribution in [0.1, 0.15) is 36.4 Å². The van der Waals surface area contributed by atoms with Gasteiger partial charge in [0.25, 0.3) is 5.91 Å². The predicted octanol–water partition coefficient (Wildman–Crippen LogP) is 0.946. The second-order valence-corrected chi connectivity index (χ2v) is 7.06. The van der Waals surface area contributed by atoms with E-state index in [1.807, 2.05) is 6.92 Å². The number of pyridine rings is 1. The first-order valence-electron chi connectivity index (χ1n) is 9.53. The van der Waals surface area contributed by atoms with Crippen molar-refractivity contribution in [2.45, 2.75) is 25.2 Å². The highest BCUT2D eigenvalue weighted by Gasteiger charge is 2.42. The lowest BCUT2D eigenvalue weighted by Crippen LogP contribution is -2.37. The van der Waals surface area contributed by atoms with Gasteiger partial charge in [0.15, 0.2) is 0 Å². The van der Waals surface area contributed by atoms with Gasteiger partial charge in [0, 0.05) is 37.7 Å². The van der Waals surface area contributed by atoms with E-state index in [9.17, 15) is 20.3 Å². The summed E-state index contributed by atoms with van der Waals surface area (Å²) < 4.78 is 0. The van der Waals surface area contributed by atoms with E-state index in [0.717, 1.165) is 0 Å². The summed E-state index contributed by atoms with van der Waals surface area (Å²) in [4.78, 5) is 18.0. The molecule has 1 aliphatic rings. The molecule has 1 aromatic heterocycles. The molecular formula is C22H23N5O3. The van der Waals surface area contributed by atoms with Gasteiger partial charge in [-0.3, -0.25) is 4.79 Å². The Balaban J connectivity index is 2.02. The number of nitrogens with two attached hydrogens (primary N) is 1. The molecule has 5 N–H and O–H groups in total. The summed E-state index contributed by atoms with van der Waals surface area (Å²) in [6.45, 7) is 2.99. The number of anilines is 1. The van der Waals surface area contributed by atoms with Crippen LogP contribution in [0.3, 0.4) is 0 Å². The molecule has 0 radical (unpaired) electrons. The first-order chi connectivity index (χ1) is 14.3. The van der Waals surface area contributed by atoms with Gasteiger partial charge in [-0.1, -0.05) is 17.9 Å². The molecule has 2 atom stereocenters. The van der Waals surface area contributed by atoms with Crippen LogP contribution in [-0.4, -0.2) is 51.7 Å². The van der Waals surface area contributed by atoms with Crippen LogP contribution in [0.2, 0.25) is 0 Å². The summed E-state index contributed by atoms with van der Waals surface area (Å²) >= 11 is 0. The summed E-state index contributed by atoms with van der Waals surface area (Å²) in [5.41, 5.74) is 6.73. The van der Waals surface area contributed by atoms with E-state index in [1.54, 1.807) is 37.4 Å². The molecule has 1 aliphatic heterocycles. The van der Waals surface area contributed by atoms with Gasteiger partial charge in [0.2, 0.25) is 5.60 Å². The topological polar surface area (TPSA) is 136 Å². The molecule has 0 saturated carbocycles. The van der Waals surface area contributed by atoms with Crippen LogP contribution >= 0.6 is 0 Å². The number of likely N-dealkylation sites (N-methyl/N-ethyl adjacent to an activating group) is 1. The predicted molar refractivity (Wildman–Crippen MR) is 112 cm³/mol. The Labute approximate surface area is 175 Å². The van der Waals surface area contributed by atoms with Crippen LogP contribution in [0.15, 0.2) is 30.3 Å². The van der Waals surface area contributed by atoms with Crippen LogP contribution in [0.5, 0.6) is 0 Å². The highest BCUT2D eigenvalue weighted by molar-refractivity contribution is 5.90. The Morgan fingerprint density at radius 1 is 1.37 bits per heavy atom. The summed E-state index contributed by atoms with van der Waals surface area (Å²) in [5.74, 6) is 4.98. The Morgan fingerprint density at radius 2 is 2.13 bits per heavy atom. The maximum absolute atomic E-state index is 12.1. The van der Waals surface area contributed by atoms with E-state index in [2.05, 4.69) is 28.2 Å². The molecule has 1 unspecified atom stereocenters. The van der Waals surface area contributed by atoms with Crippen LogP contribution in [-0.2, 0) is 4.79 Å². The number of aliphatic hydroxyl groups is 2. The molecule has 0 bridgehead atoms. The summed E-state index contributed by atoms with van der Waals surface area (Å²) in [6, 6.07) is 10.6. The Morgan fingerprint density at radius 3 is 2.73 bits per heavy atom. The van der Waals surface area contributed by atoms with Gasteiger partial charge >= 0.3 is 0 Å². The van der Waals surface area contributed by atoms with Crippen LogP contribution < -0.4 is 11.1 Å². The van der Waals surface area contributed by atoms with Gasteiger partial charge in [-0.25, -0.2) is 4.98 Å². The molecule has 8 heteroatoms. The van der Waals surface area contributed by atoms with E-state index in [4.69, 9.17) is 5.73 Å². The number of amides is 1. The number of aliphatic hydroxyl groups excluding tert-OH is 1. The molecule has 8 nitrogen and oxygen atoms in total. The van der Waals surface area contributed by atoms with Gasteiger partial charge in [0.05, 0.1) is 16.9 Å². The monoisotopic (exact) mass is 405 g/mol. The summed E-state index contributed by atoms with van der Waals surface area (Å²) in [7, 11) is 1.61. The largest absolute Gasteiger partial charge is 0.384 e. The quantitative estimate of drug-likeness (QED) is 0.439. The maximum atomic E-state index is 12.1. The standard InChI is InChI=1S/C22H23N5O3/c1-3-25-18-7-6-17(26-19(18)20(24)28)15-4-5-16(13-23)14(12-15)8-9-22(30)10-11-27(2)21(22)29/h4-7,12,20,25,28,30H,3,10-11,24H2,1-2H3/t20?,22-/m0/s1. The summed E-state index contributed by atoms with van der Waals surface area (Å²) in [6.07, 6.45) is -1.04. The number of nitrogens with one attached hydrogen (secondary N) is 1. The van der Waals surface area contributed by atoms with Crippen molar-refractivity contribution in [3.8, 4) is 29.2 Å². The van der Waals surface area contributed by atoms with Gasteiger partial charge in [-0.15, -0.1) is 0 Å². The molecule has 3 rings (SSSR count). The van der Waals surface area contributed by atoms with Crippen molar-refractivity contribution in [2.24, 2.45) is 5.73 Å².